The molecule has 0 spiro atoms. The van der Waals surface area contributed by atoms with Crippen molar-refractivity contribution in [1.29, 1.82) is 0 Å². The van der Waals surface area contributed by atoms with Gasteiger partial charge in [0, 0.05) is 17.2 Å². The minimum Gasteiger partial charge on any atom is -0.485 e. The molecule has 3 rings (SSSR count). The number of halogens is 1. The second-order valence-electron chi connectivity index (χ2n) is 6.07. The van der Waals surface area contributed by atoms with Crippen LogP contribution >= 0.6 is 15.9 Å². The Balaban J connectivity index is 1.58. The average Bonchev–Trinajstić information content (AvgIpc) is 2.63. The predicted octanol–water partition coefficient (Wildman–Crippen LogP) is 2.99. The van der Waals surface area contributed by atoms with Crippen molar-refractivity contribution in [2.24, 2.45) is 0 Å². The first-order valence-electron chi connectivity index (χ1n) is 8.13. The first-order chi connectivity index (χ1) is 12.4. The molecule has 1 aliphatic heterocycles. The third-order valence-corrected chi connectivity index (χ3v) is 4.50. The summed E-state index contributed by atoms with van der Waals surface area (Å²) in [5, 5.41) is 2.82. The Labute approximate surface area is 160 Å². The van der Waals surface area contributed by atoms with Crippen molar-refractivity contribution in [3.63, 3.8) is 0 Å². The fourth-order valence-electron chi connectivity index (χ4n) is 2.64. The van der Waals surface area contributed by atoms with E-state index in [1.165, 1.54) is 4.90 Å². The molecule has 1 atom stereocenters. The van der Waals surface area contributed by atoms with Crippen LogP contribution in [0.25, 0.3) is 0 Å². The van der Waals surface area contributed by atoms with E-state index in [0.29, 0.717) is 17.2 Å². The summed E-state index contributed by atoms with van der Waals surface area (Å²) in [4.78, 5) is 26.1. The Morgan fingerprint density at radius 2 is 1.96 bits per heavy atom. The maximum atomic E-state index is 12.5. The van der Waals surface area contributed by atoms with Crippen LogP contribution in [0.4, 0.5) is 5.69 Å². The molecular weight excluding hydrogens is 400 g/mol. The number of likely N-dealkylation sites (N-methyl/N-ethyl adjacent to an activating group) is 1. The highest BCUT2D eigenvalue weighted by molar-refractivity contribution is 9.10. The van der Waals surface area contributed by atoms with E-state index in [4.69, 9.17) is 9.47 Å². The summed E-state index contributed by atoms with van der Waals surface area (Å²) in [5.41, 5.74) is 1.65. The number of fused-ring (bicyclic) bond motifs is 1. The predicted molar refractivity (Wildman–Crippen MR) is 101 cm³/mol. The van der Waals surface area contributed by atoms with Crippen LogP contribution in [0.15, 0.2) is 46.9 Å². The summed E-state index contributed by atoms with van der Waals surface area (Å²) in [7, 11) is 1.57. The zero-order valence-electron chi connectivity index (χ0n) is 14.5. The second kappa shape index (κ2) is 7.78. The number of carbonyl (C=O) groups is 2. The lowest BCUT2D eigenvalue weighted by Gasteiger charge is -2.28. The fourth-order valence-corrected chi connectivity index (χ4v) is 3.11. The third kappa shape index (κ3) is 4.16. The molecule has 1 N–H and O–H groups in total. The smallest absolute Gasteiger partial charge is 0.267 e. The Morgan fingerprint density at radius 3 is 2.69 bits per heavy atom. The number of ether oxygens (including phenoxy) is 2. The topological polar surface area (TPSA) is 67.9 Å². The Bertz CT molecular complexity index is 840. The summed E-state index contributed by atoms with van der Waals surface area (Å²) in [5.74, 6) is 0.564. The van der Waals surface area contributed by atoms with Crippen LogP contribution in [0.3, 0.4) is 0 Å². The maximum absolute atomic E-state index is 12.5. The highest BCUT2D eigenvalue weighted by atomic mass is 79.9. The molecule has 7 heteroatoms. The summed E-state index contributed by atoms with van der Waals surface area (Å²) < 4.78 is 12.2. The molecule has 1 aliphatic rings. The van der Waals surface area contributed by atoms with Crippen LogP contribution in [-0.4, -0.2) is 43.0 Å². The molecule has 136 valence electrons. The monoisotopic (exact) mass is 418 g/mol. The maximum Gasteiger partial charge on any atom is 0.267 e. The Morgan fingerprint density at radius 1 is 1.23 bits per heavy atom. The largest absolute Gasteiger partial charge is 0.485 e. The number of nitrogens with zero attached hydrogens (tertiary/aromatic N) is 1. The van der Waals surface area contributed by atoms with Crippen LogP contribution < -0.4 is 14.8 Å². The Hall–Kier alpha value is -2.54. The highest BCUT2D eigenvalue weighted by Crippen LogP contribution is 2.31. The van der Waals surface area contributed by atoms with Crippen molar-refractivity contribution >= 4 is 33.4 Å². The van der Waals surface area contributed by atoms with E-state index in [9.17, 15) is 9.59 Å². The van der Waals surface area contributed by atoms with E-state index < -0.39 is 6.10 Å². The molecule has 2 aromatic rings. The van der Waals surface area contributed by atoms with Gasteiger partial charge in [0.25, 0.3) is 5.91 Å². The molecule has 0 saturated heterocycles. The molecule has 0 radical (unpaired) electrons. The standard InChI is InChI=1S/C19H19BrN2O4/c1-12-9-13(20)7-8-14(12)21-18(23)10-22(2)19(24)17-11-25-15-5-3-4-6-16(15)26-17/h3-9,17H,10-11H2,1-2H3,(H,21,23). The average molecular weight is 419 g/mol. The van der Waals surface area contributed by atoms with Crippen LogP contribution in [0, 0.1) is 6.92 Å². The summed E-state index contributed by atoms with van der Waals surface area (Å²) >= 11 is 3.39. The number of para-hydroxylation sites is 2. The number of anilines is 1. The Kier molecular flexibility index (Phi) is 5.46. The van der Waals surface area contributed by atoms with Crippen molar-refractivity contribution in [2.45, 2.75) is 13.0 Å². The molecule has 1 unspecified atom stereocenters. The highest BCUT2D eigenvalue weighted by Gasteiger charge is 2.30. The van der Waals surface area contributed by atoms with Crippen molar-refractivity contribution in [3.05, 3.63) is 52.5 Å². The zero-order chi connectivity index (χ0) is 18.7. The SMILES string of the molecule is Cc1cc(Br)ccc1NC(=O)CN(C)C(=O)C1COc2ccccc2O1. The van der Waals surface area contributed by atoms with E-state index in [2.05, 4.69) is 21.2 Å². The van der Waals surface area contributed by atoms with Crippen molar-refractivity contribution in [1.82, 2.24) is 4.90 Å². The van der Waals surface area contributed by atoms with E-state index in [-0.39, 0.29) is 25.0 Å². The summed E-state index contributed by atoms with van der Waals surface area (Å²) in [6.07, 6.45) is -0.767. The number of aryl methyl sites for hydroxylation is 1. The van der Waals surface area contributed by atoms with Gasteiger partial charge in [-0.1, -0.05) is 28.1 Å². The fraction of sp³-hybridized carbons (Fsp3) is 0.263. The number of amides is 2. The lowest BCUT2D eigenvalue weighted by Crippen LogP contribution is -2.47. The van der Waals surface area contributed by atoms with Crippen molar-refractivity contribution in [3.8, 4) is 11.5 Å². The number of benzene rings is 2. The third-order valence-electron chi connectivity index (χ3n) is 4.00. The summed E-state index contributed by atoms with van der Waals surface area (Å²) in [6.45, 7) is 1.95. The van der Waals surface area contributed by atoms with Gasteiger partial charge in [0.15, 0.2) is 11.5 Å². The van der Waals surface area contributed by atoms with Gasteiger partial charge < -0.3 is 19.7 Å². The molecule has 2 amide bonds. The molecule has 0 saturated carbocycles. The normalized spacial score (nSPS) is 15.3. The van der Waals surface area contributed by atoms with Gasteiger partial charge in [-0.2, -0.15) is 0 Å². The van der Waals surface area contributed by atoms with Gasteiger partial charge in [0.2, 0.25) is 12.0 Å². The first-order valence-corrected chi connectivity index (χ1v) is 8.93. The molecular formula is C19H19BrN2O4. The molecule has 26 heavy (non-hydrogen) atoms. The van der Waals surface area contributed by atoms with E-state index in [0.717, 1.165) is 10.0 Å². The quantitative estimate of drug-likeness (QED) is 0.828. The molecule has 0 bridgehead atoms. The zero-order valence-corrected chi connectivity index (χ0v) is 16.1. The van der Waals surface area contributed by atoms with Crippen molar-refractivity contribution in [2.75, 3.05) is 25.5 Å². The van der Waals surface area contributed by atoms with Crippen LogP contribution in [-0.2, 0) is 9.59 Å². The van der Waals surface area contributed by atoms with Gasteiger partial charge in [0.1, 0.15) is 6.61 Å². The number of nitrogens with one attached hydrogen (secondary N) is 1. The first kappa shape index (κ1) is 18.3. The lowest BCUT2D eigenvalue weighted by molar-refractivity contribution is -0.141. The molecule has 1 heterocycles. The lowest BCUT2D eigenvalue weighted by atomic mass is 10.2. The minimum absolute atomic E-state index is 0.0736. The molecule has 0 aliphatic carbocycles. The van der Waals surface area contributed by atoms with Gasteiger partial charge >= 0.3 is 0 Å². The number of rotatable bonds is 4. The van der Waals surface area contributed by atoms with Gasteiger partial charge in [-0.15, -0.1) is 0 Å². The van der Waals surface area contributed by atoms with Gasteiger partial charge in [0.05, 0.1) is 6.54 Å². The number of hydrogen-bond donors (Lipinski definition) is 1. The van der Waals surface area contributed by atoms with Crippen LogP contribution in [0.1, 0.15) is 5.56 Å². The van der Waals surface area contributed by atoms with Crippen molar-refractivity contribution < 1.29 is 19.1 Å². The summed E-state index contributed by atoms with van der Waals surface area (Å²) in [6, 6.07) is 12.8. The van der Waals surface area contributed by atoms with E-state index in [1.807, 2.05) is 37.3 Å². The van der Waals surface area contributed by atoms with Gasteiger partial charge in [-0.3, -0.25) is 9.59 Å². The van der Waals surface area contributed by atoms with E-state index in [1.54, 1.807) is 19.2 Å². The van der Waals surface area contributed by atoms with E-state index >= 15 is 0 Å². The van der Waals surface area contributed by atoms with Gasteiger partial charge in [-0.25, -0.2) is 0 Å². The minimum atomic E-state index is -0.767. The molecule has 2 aromatic carbocycles. The second-order valence-corrected chi connectivity index (χ2v) is 6.98. The number of hydrogen-bond acceptors (Lipinski definition) is 4. The molecule has 0 fully saturated rings. The van der Waals surface area contributed by atoms with Crippen LogP contribution in [0.5, 0.6) is 11.5 Å². The van der Waals surface area contributed by atoms with Gasteiger partial charge in [-0.05, 0) is 42.8 Å². The van der Waals surface area contributed by atoms with Crippen LogP contribution in [0.2, 0.25) is 0 Å². The number of carbonyl (C=O) groups excluding carboxylic acids is 2. The molecule has 6 nitrogen and oxygen atoms in total. The molecule has 0 aromatic heterocycles.